The van der Waals surface area contributed by atoms with Crippen LogP contribution in [0.5, 0.6) is 0 Å². The van der Waals surface area contributed by atoms with E-state index in [9.17, 15) is 4.79 Å². The summed E-state index contributed by atoms with van der Waals surface area (Å²) in [6.07, 6.45) is 2.27. The Kier molecular flexibility index (Phi) is 4.59. The first kappa shape index (κ1) is 12.3. The van der Waals surface area contributed by atoms with E-state index in [-0.39, 0.29) is 11.7 Å². The number of carbonyl (C=O) groups excluding carboxylic acids is 1. The molecule has 0 radical (unpaired) electrons. The minimum absolute atomic E-state index is 0.271. The van der Waals surface area contributed by atoms with Crippen LogP contribution in [0.15, 0.2) is 16.5 Å². The zero-order valence-electron chi connectivity index (χ0n) is 9.62. The lowest BCUT2D eigenvalue weighted by Crippen LogP contribution is -2.33. The predicted octanol–water partition coefficient (Wildman–Crippen LogP) is 2.26. The monoisotopic (exact) mass is 220 g/mol. The van der Waals surface area contributed by atoms with Crippen molar-refractivity contribution in [1.29, 1.82) is 5.26 Å². The van der Waals surface area contributed by atoms with E-state index in [1.165, 1.54) is 0 Å². The van der Waals surface area contributed by atoms with Crippen LogP contribution in [0.4, 0.5) is 0 Å². The minimum Gasteiger partial charge on any atom is -0.456 e. The summed E-state index contributed by atoms with van der Waals surface area (Å²) < 4.78 is 5.30. The lowest BCUT2D eigenvalue weighted by molar-refractivity contribution is 0.0914. The van der Waals surface area contributed by atoms with E-state index in [1.54, 1.807) is 12.1 Å². The van der Waals surface area contributed by atoms with Gasteiger partial charge in [-0.05, 0) is 18.6 Å². The van der Waals surface area contributed by atoms with E-state index in [2.05, 4.69) is 11.4 Å². The van der Waals surface area contributed by atoms with Gasteiger partial charge in [-0.2, -0.15) is 5.26 Å². The van der Waals surface area contributed by atoms with Gasteiger partial charge >= 0.3 is 0 Å². The molecule has 0 aliphatic heterocycles. The molecule has 1 aromatic heterocycles. The van der Waals surface area contributed by atoms with Crippen LogP contribution >= 0.6 is 0 Å². The molecule has 0 spiro atoms. The molecule has 4 heteroatoms. The van der Waals surface area contributed by atoms with Gasteiger partial charge in [-0.15, -0.1) is 0 Å². The van der Waals surface area contributed by atoms with Crippen molar-refractivity contribution >= 4 is 5.91 Å². The molecule has 1 aromatic rings. The Morgan fingerprint density at radius 3 is 2.81 bits per heavy atom. The topological polar surface area (TPSA) is 66.0 Å². The zero-order valence-corrected chi connectivity index (χ0v) is 9.62. The summed E-state index contributed by atoms with van der Waals surface area (Å²) in [5.41, 5.74) is 0. The minimum atomic E-state index is -0.437. The molecule has 1 rings (SSSR count). The number of nitrogens with one attached hydrogen (secondary N) is 1. The van der Waals surface area contributed by atoms with E-state index in [4.69, 9.17) is 9.68 Å². The number of nitriles is 1. The fourth-order valence-electron chi connectivity index (χ4n) is 1.38. The Morgan fingerprint density at radius 2 is 2.31 bits per heavy atom. The Morgan fingerprint density at radius 1 is 1.56 bits per heavy atom. The van der Waals surface area contributed by atoms with Crippen LogP contribution in [0.25, 0.3) is 0 Å². The van der Waals surface area contributed by atoms with E-state index in [1.807, 2.05) is 13.8 Å². The first-order chi connectivity index (χ1) is 7.71. The highest BCUT2D eigenvalue weighted by Gasteiger charge is 2.15. The quantitative estimate of drug-likeness (QED) is 0.827. The van der Waals surface area contributed by atoms with Crippen LogP contribution in [0, 0.1) is 11.3 Å². The Hall–Kier alpha value is -1.76. The first-order valence-electron chi connectivity index (χ1n) is 5.50. The van der Waals surface area contributed by atoms with Gasteiger partial charge in [0.2, 0.25) is 0 Å². The van der Waals surface area contributed by atoms with Crippen LogP contribution in [-0.2, 0) is 6.42 Å². The van der Waals surface area contributed by atoms with Crippen LogP contribution in [0.3, 0.4) is 0 Å². The summed E-state index contributed by atoms with van der Waals surface area (Å²) >= 11 is 0. The van der Waals surface area contributed by atoms with Crippen LogP contribution in [0.2, 0.25) is 0 Å². The molecule has 0 aliphatic rings. The third-order valence-electron chi connectivity index (χ3n) is 2.27. The molecule has 1 unspecified atom stereocenters. The number of hydrogen-bond donors (Lipinski definition) is 1. The molecule has 1 heterocycles. The highest BCUT2D eigenvalue weighted by atomic mass is 16.3. The van der Waals surface area contributed by atoms with E-state index in [0.29, 0.717) is 6.42 Å². The average Bonchev–Trinajstić information content (AvgIpc) is 2.76. The number of carbonyl (C=O) groups is 1. The fourth-order valence-corrected chi connectivity index (χ4v) is 1.38. The van der Waals surface area contributed by atoms with Gasteiger partial charge in [-0.3, -0.25) is 4.79 Å². The summed E-state index contributed by atoms with van der Waals surface area (Å²) in [6, 6.07) is 5.02. The molecule has 86 valence electrons. The normalized spacial score (nSPS) is 11.8. The van der Waals surface area contributed by atoms with Crippen molar-refractivity contribution in [2.24, 2.45) is 0 Å². The zero-order chi connectivity index (χ0) is 12.0. The molecule has 0 aliphatic carbocycles. The van der Waals surface area contributed by atoms with E-state index in [0.717, 1.165) is 18.6 Å². The second-order valence-electron chi connectivity index (χ2n) is 3.56. The number of rotatable bonds is 5. The van der Waals surface area contributed by atoms with Crippen molar-refractivity contribution in [3.63, 3.8) is 0 Å². The molecule has 1 atom stereocenters. The van der Waals surface area contributed by atoms with Crippen LogP contribution < -0.4 is 5.32 Å². The maximum atomic E-state index is 11.7. The first-order valence-corrected chi connectivity index (χ1v) is 5.50. The molecule has 0 aromatic carbocycles. The summed E-state index contributed by atoms with van der Waals surface area (Å²) in [5, 5.41) is 11.4. The largest absolute Gasteiger partial charge is 0.456 e. The molecular weight excluding hydrogens is 204 g/mol. The molecule has 1 N–H and O–H groups in total. The maximum absolute atomic E-state index is 11.7. The number of furan rings is 1. The fraction of sp³-hybridized carbons (Fsp3) is 0.500. The molecule has 0 bridgehead atoms. The van der Waals surface area contributed by atoms with Crippen molar-refractivity contribution < 1.29 is 9.21 Å². The molecular formula is C12H16N2O2. The van der Waals surface area contributed by atoms with Crippen LogP contribution in [-0.4, -0.2) is 11.9 Å². The van der Waals surface area contributed by atoms with Crippen LogP contribution in [0.1, 0.15) is 43.0 Å². The standard InChI is InChI=1S/C12H16N2O2/c1-3-5-9(8-13)14-12(15)11-7-6-10(4-2)16-11/h6-7,9H,3-5H2,1-2H3,(H,14,15). The molecule has 16 heavy (non-hydrogen) atoms. The van der Waals surface area contributed by atoms with Crippen molar-refractivity contribution in [2.45, 2.75) is 39.2 Å². The number of hydrogen-bond acceptors (Lipinski definition) is 3. The van der Waals surface area contributed by atoms with E-state index < -0.39 is 6.04 Å². The molecule has 4 nitrogen and oxygen atoms in total. The lowest BCUT2D eigenvalue weighted by atomic mass is 10.2. The molecule has 1 amide bonds. The summed E-state index contributed by atoms with van der Waals surface area (Å²) in [7, 11) is 0. The van der Waals surface area contributed by atoms with Gasteiger partial charge in [0.1, 0.15) is 11.8 Å². The maximum Gasteiger partial charge on any atom is 0.288 e. The summed E-state index contributed by atoms with van der Waals surface area (Å²) in [6.45, 7) is 3.92. The molecule has 0 fully saturated rings. The Labute approximate surface area is 95.2 Å². The highest BCUT2D eigenvalue weighted by molar-refractivity contribution is 5.91. The number of nitrogens with zero attached hydrogens (tertiary/aromatic N) is 1. The van der Waals surface area contributed by atoms with Gasteiger partial charge in [0.05, 0.1) is 6.07 Å². The second kappa shape index (κ2) is 5.96. The SMILES string of the molecule is CCCC(C#N)NC(=O)c1ccc(CC)o1. The number of aryl methyl sites for hydroxylation is 1. The van der Waals surface area contributed by atoms with Gasteiger partial charge in [-0.1, -0.05) is 20.3 Å². The summed E-state index contributed by atoms with van der Waals surface area (Å²) in [4.78, 5) is 11.7. The van der Waals surface area contributed by atoms with E-state index >= 15 is 0 Å². The van der Waals surface area contributed by atoms with Crippen molar-refractivity contribution in [1.82, 2.24) is 5.32 Å². The van der Waals surface area contributed by atoms with Gasteiger partial charge in [0, 0.05) is 6.42 Å². The Bertz CT molecular complexity index is 390. The Balaban J connectivity index is 2.61. The highest BCUT2D eigenvalue weighted by Crippen LogP contribution is 2.08. The molecule has 0 saturated carbocycles. The second-order valence-corrected chi connectivity index (χ2v) is 3.56. The number of amides is 1. The smallest absolute Gasteiger partial charge is 0.288 e. The van der Waals surface area contributed by atoms with Gasteiger partial charge < -0.3 is 9.73 Å². The third kappa shape index (κ3) is 3.13. The summed E-state index contributed by atoms with van der Waals surface area (Å²) in [5.74, 6) is 0.724. The molecule has 0 saturated heterocycles. The third-order valence-corrected chi connectivity index (χ3v) is 2.27. The van der Waals surface area contributed by atoms with Gasteiger partial charge in [0.15, 0.2) is 5.76 Å². The van der Waals surface area contributed by atoms with Gasteiger partial charge in [0.25, 0.3) is 5.91 Å². The predicted molar refractivity (Wildman–Crippen MR) is 59.9 cm³/mol. The van der Waals surface area contributed by atoms with Crippen molar-refractivity contribution in [2.75, 3.05) is 0 Å². The van der Waals surface area contributed by atoms with Crippen molar-refractivity contribution in [3.05, 3.63) is 23.7 Å². The average molecular weight is 220 g/mol. The lowest BCUT2D eigenvalue weighted by Gasteiger charge is -2.08. The van der Waals surface area contributed by atoms with Crippen molar-refractivity contribution in [3.8, 4) is 6.07 Å². The van der Waals surface area contributed by atoms with Gasteiger partial charge in [-0.25, -0.2) is 0 Å².